The summed E-state index contributed by atoms with van der Waals surface area (Å²) in [5, 5.41) is 30.3. The number of H-pyrrole nitrogens is 1. The van der Waals surface area contributed by atoms with E-state index >= 15 is 0 Å². The number of aliphatic hydroxyl groups is 1. The molecule has 1 saturated carbocycles. The molecule has 2 aliphatic carbocycles. The van der Waals surface area contributed by atoms with Crippen LogP contribution >= 0.6 is 0 Å². The molecule has 0 bridgehead atoms. The van der Waals surface area contributed by atoms with Gasteiger partial charge in [-0.3, -0.25) is 4.79 Å². The Hall–Kier alpha value is -2.84. The molecule has 1 aromatic carbocycles. The number of carboxylic acid groups (broad SMARTS) is 1. The van der Waals surface area contributed by atoms with Gasteiger partial charge in [-0.05, 0) is 42.4 Å². The molecule has 0 spiro atoms. The number of carboxylic acids is 1. The van der Waals surface area contributed by atoms with Crippen molar-refractivity contribution in [2.45, 2.75) is 25.0 Å². The fourth-order valence-corrected chi connectivity index (χ4v) is 4.77. The molecule has 2 heterocycles. The van der Waals surface area contributed by atoms with Gasteiger partial charge in [-0.1, -0.05) is 6.07 Å². The van der Waals surface area contributed by atoms with Crippen molar-refractivity contribution in [3.05, 3.63) is 45.2 Å². The summed E-state index contributed by atoms with van der Waals surface area (Å²) in [7, 11) is 0. The van der Waals surface area contributed by atoms with Gasteiger partial charge >= 0.3 is 5.97 Å². The van der Waals surface area contributed by atoms with Gasteiger partial charge in [0.25, 0.3) is 5.56 Å². The van der Waals surface area contributed by atoms with E-state index in [0.717, 1.165) is 18.8 Å². The second-order valence-electron chi connectivity index (χ2n) is 7.97. The highest BCUT2D eigenvalue weighted by molar-refractivity contribution is 5.92. The lowest BCUT2D eigenvalue weighted by atomic mass is 9.98. The van der Waals surface area contributed by atoms with Crippen LogP contribution in [0.25, 0.3) is 11.3 Å². The number of pyridine rings is 1. The molecule has 2 fully saturated rings. The summed E-state index contributed by atoms with van der Waals surface area (Å²) in [6, 6.07) is 5.96. The Labute approximate surface area is 160 Å². The number of aliphatic hydroxyl groups excluding tert-OH is 1. The molecule has 2 aromatic rings. The molecule has 8 heteroatoms. The summed E-state index contributed by atoms with van der Waals surface area (Å²) in [6.45, 7) is 1.80. The fourth-order valence-electron chi connectivity index (χ4n) is 4.77. The van der Waals surface area contributed by atoms with Crippen molar-refractivity contribution in [1.29, 1.82) is 0 Å². The third-order valence-corrected chi connectivity index (χ3v) is 6.46. The van der Waals surface area contributed by atoms with Gasteiger partial charge in [0.05, 0.1) is 11.8 Å². The Kier molecular flexibility index (Phi) is 3.59. The predicted molar refractivity (Wildman–Crippen MR) is 102 cm³/mol. The van der Waals surface area contributed by atoms with E-state index in [2.05, 4.69) is 9.88 Å². The second-order valence-corrected chi connectivity index (χ2v) is 7.97. The van der Waals surface area contributed by atoms with Crippen molar-refractivity contribution < 1.29 is 20.1 Å². The number of hydrogen-bond donors (Lipinski definition) is 5. The zero-order chi connectivity index (χ0) is 19.7. The number of nitrogens with one attached hydrogen (secondary N) is 1. The van der Waals surface area contributed by atoms with Gasteiger partial charge < -0.3 is 30.9 Å². The zero-order valence-electron chi connectivity index (χ0n) is 15.1. The van der Waals surface area contributed by atoms with Crippen molar-refractivity contribution in [3.63, 3.8) is 0 Å². The molecule has 3 aliphatic rings. The minimum Gasteiger partial charge on any atom is -0.506 e. The number of aromatic nitrogens is 1. The topological polar surface area (TPSA) is 140 Å². The second kappa shape index (κ2) is 5.83. The van der Waals surface area contributed by atoms with Gasteiger partial charge in [0.2, 0.25) is 0 Å². The zero-order valence-corrected chi connectivity index (χ0v) is 15.1. The first-order valence-corrected chi connectivity index (χ1v) is 9.41. The van der Waals surface area contributed by atoms with Crippen molar-refractivity contribution in [2.24, 2.45) is 17.6 Å². The summed E-state index contributed by atoms with van der Waals surface area (Å²) in [5.74, 6) is -0.934. The Balaban J connectivity index is 1.61. The molecule has 1 aromatic heterocycles. The fraction of sp³-hybridized carbons (Fsp3) is 0.400. The Morgan fingerprint density at radius 1 is 1.25 bits per heavy atom. The van der Waals surface area contributed by atoms with Crippen LogP contribution in [0.5, 0.6) is 5.75 Å². The summed E-state index contributed by atoms with van der Waals surface area (Å²) in [4.78, 5) is 28.4. The van der Waals surface area contributed by atoms with E-state index in [1.807, 2.05) is 18.2 Å². The first kappa shape index (κ1) is 17.3. The van der Waals surface area contributed by atoms with Crippen molar-refractivity contribution in [1.82, 2.24) is 4.98 Å². The van der Waals surface area contributed by atoms with Gasteiger partial charge in [-0.25, -0.2) is 4.79 Å². The van der Waals surface area contributed by atoms with Gasteiger partial charge in [0, 0.05) is 35.9 Å². The van der Waals surface area contributed by atoms with Crippen LogP contribution in [0.15, 0.2) is 23.0 Å². The van der Waals surface area contributed by atoms with Crippen molar-refractivity contribution >= 4 is 11.7 Å². The average Bonchev–Trinajstić information content (AvgIpc) is 3.09. The van der Waals surface area contributed by atoms with E-state index in [0.29, 0.717) is 46.7 Å². The van der Waals surface area contributed by atoms with Crippen molar-refractivity contribution in [2.75, 3.05) is 18.0 Å². The molecule has 4 atom stereocenters. The Morgan fingerprint density at radius 3 is 2.64 bits per heavy atom. The molecule has 5 rings (SSSR count). The smallest absolute Gasteiger partial charge is 0.345 e. The van der Waals surface area contributed by atoms with E-state index in [-0.39, 0.29) is 6.42 Å². The van der Waals surface area contributed by atoms with Crippen LogP contribution in [-0.2, 0) is 6.42 Å². The number of benzene rings is 1. The van der Waals surface area contributed by atoms with Crippen LogP contribution in [0.1, 0.15) is 34.0 Å². The van der Waals surface area contributed by atoms with E-state index in [4.69, 9.17) is 5.73 Å². The van der Waals surface area contributed by atoms with E-state index in [9.17, 15) is 24.9 Å². The lowest BCUT2D eigenvalue weighted by Gasteiger charge is -2.24. The summed E-state index contributed by atoms with van der Waals surface area (Å²) >= 11 is 0. The van der Waals surface area contributed by atoms with E-state index < -0.39 is 28.9 Å². The monoisotopic (exact) mass is 383 g/mol. The van der Waals surface area contributed by atoms with Crippen LogP contribution in [-0.4, -0.2) is 45.4 Å². The van der Waals surface area contributed by atoms with Gasteiger partial charge in [-0.15, -0.1) is 0 Å². The number of carbonyl (C=O) groups is 1. The standard InChI is InChI=1S/C20H21N3O5/c21-16-12-6-23(7-13(12)16)8-1-2-9-11(5-8)14(24)4-3-10-17(9)22-19(26)15(18(10)25)20(27)28/h1-2,5,12-14,16,24H,3-4,6-7,21H2,(H,27,28)(H2,22,25,26)/t12-,13+,14?,16+. The number of fused-ring (bicyclic) bond motifs is 4. The largest absolute Gasteiger partial charge is 0.506 e. The summed E-state index contributed by atoms with van der Waals surface area (Å²) in [5.41, 5.74) is 7.47. The molecule has 1 saturated heterocycles. The van der Waals surface area contributed by atoms with Gasteiger partial charge in [-0.2, -0.15) is 0 Å². The molecular weight excluding hydrogens is 362 g/mol. The molecule has 1 aliphatic heterocycles. The van der Waals surface area contributed by atoms with Crippen LogP contribution in [0, 0.1) is 11.8 Å². The molecule has 0 radical (unpaired) electrons. The third-order valence-electron chi connectivity index (χ3n) is 6.46. The molecular formula is C20H21N3O5. The number of nitrogens with zero attached hydrogens (tertiary/aromatic N) is 1. The van der Waals surface area contributed by atoms with E-state index in [1.54, 1.807) is 0 Å². The predicted octanol–water partition coefficient (Wildman–Crippen LogP) is 0.819. The van der Waals surface area contributed by atoms with Gasteiger partial charge in [0.15, 0.2) is 5.56 Å². The highest BCUT2D eigenvalue weighted by Gasteiger charge is 2.53. The molecule has 1 unspecified atom stereocenters. The minimum absolute atomic E-state index is 0.256. The van der Waals surface area contributed by atoms with E-state index in [1.165, 1.54) is 0 Å². The quantitative estimate of drug-likeness (QED) is 0.517. The summed E-state index contributed by atoms with van der Waals surface area (Å²) < 4.78 is 0. The maximum Gasteiger partial charge on any atom is 0.345 e. The van der Waals surface area contributed by atoms with Crippen LogP contribution in [0.3, 0.4) is 0 Å². The molecule has 146 valence electrons. The lowest BCUT2D eigenvalue weighted by molar-refractivity contribution is 0.0691. The first-order chi connectivity index (χ1) is 13.4. The summed E-state index contributed by atoms with van der Waals surface area (Å²) in [6.07, 6.45) is -0.206. The molecule has 28 heavy (non-hydrogen) atoms. The number of anilines is 1. The number of aromatic hydroxyl groups is 1. The van der Waals surface area contributed by atoms with Gasteiger partial charge in [0.1, 0.15) is 5.75 Å². The number of hydrogen-bond acceptors (Lipinski definition) is 6. The van der Waals surface area contributed by atoms with Crippen molar-refractivity contribution in [3.8, 4) is 17.0 Å². The maximum absolute atomic E-state index is 12.2. The average molecular weight is 383 g/mol. The number of rotatable bonds is 2. The molecule has 0 amide bonds. The molecule has 8 nitrogen and oxygen atoms in total. The Bertz CT molecular complexity index is 1050. The van der Waals surface area contributed by atoms with Crippen LogP contribution < -0.4 is 16.2 Å². The SMILES string of the molecule is N[C@@H]1[C@H]2CN(c3ccc4c(c3)C(O)CCc3c-4[nH]c(=O)c(C(=O)O)c3O)C[C@@H]12. The lowest BCUT2D eigenvalue weighted by Crippen LogP contribution is -2.28. The number of aromatic carboxylic acids is 1. The minimum atomic E-state index is -1.48. The number of aromatic amines is 1. The van der Waals surface area contributed by atoms with Crippen LogP contribution in [0.2, 0.25) is 0 Å². The maximum atomic E-state index is 12.2. The third kappa shape index (κ3) is 2.38. The Morgan fingerprint density at radius 2 is 1.96 bits per heavy atom. The number of piperidine rings is 1. The normalized spacial score (nSPS) is 27.6. The van der Waals surface area contributed by atoms with Crippen LogP contribution in [0.4, 0.5) is 5.69 Å². The highest BCUT2D eigenvalue weighted by Crippen LogP contribution is 2.47. The number of nitrogens with two attached hydrogens (primary N) is 1. The molecule has 6 N–H and O–H groups in total. The highest BCUT2D eigenvalue weighted by atomic mass is 16.4. The first-order valence-electron chi connectivity index (χ1n) is 9.41.